The molecular weight excluding hydrogens is 334 g/mol. The largest absolute Gasteiger partial charge is 0.493 e. The molecule has 0 heterocycles. The molecule has 3 N–H and O–H groups in total. The molecule has 1 atom stereocenters. The number of sulfonamides is 1. The lowest BCUT2D eigenvalue weighted by atomic mass is 10.1. The lowest BCUT2D eigenvalue weighted by Crippen LogP contribution is -2.11. The number of benzene rings is 2. The molecule has 0 aliphatic heterocycles. The molecular formula is C16H19NO4S2. The highest BCUT2D eigenvalue weighted by Gasteiger charge is 2.08. The molecule has 2 aromatic rings. The number of ether oxygens (including phenoxy) is 1. The lowest BCUT2D eigenvalue weighted by molar-refractivity contribution is 0.204. The number of aliphatic hydroxyl groups is 1. The van der Waals surface area contributed by atoms with E-state index in [0.29, 0.717) is 18.1 Å². The third kappa shape index (κ3) is 5.87. The standard InChI is InChI=1S/C16H19NO4S2/c17-23(19,20)15-8-6-14(7-9-15)21-10-11-22-12-16(18)13-4-2-1-3-5-13/h1-9,16,18H,10-12H2,(H2,17,19,20). The van der Waals surface area contributed by atoms with Crippen molar-refractivity contribution in [3.8, 4) is 5.75 Å². The Morgan fingerprint density at radius 1 is 1.09 bits per heavy atom. The number of primary sulfonamides is 1. The predicted octanol–water partition coefficient (Wildman–Crippen LogP) is 2.18. The van der Waals surface area contributed by atoms with Gasteiger partial charge in [-0.1, -0.05) is 30.3 Å². The van der Waals surface area contributed by atoms with E-state index in [1.54, 1.807) is 23.9 Å². The van der Waals surface area contributed by atoms with E-state index in [2.05, 4.69) is 0 Å². The van der Waals surface area contributed by atoms with Gasteiger partial charge in [0.15, 0.2) is 0 Å². The third-order valence-electron chi connectivity index (χ3n) is 3.11. The van der Waals surface area contributed by atoms with Gasteiger partial charge in [-0.15, -0.1) is 0 Å². The average Bonchev–Trinajstić information content (AvgIpc) is 2.55. The van der Waals surface area contributed by atoms with E-state index in [1.165, 1.54) is 12.1 Å². The zero-order chi connectivity index (χ0) is 16.7. The van der Waals surface area contributed by atoms with Crippen LogP contribution in [-0.4, -0.2) is 31.6 Å². The molecule has 0 spiro atoms. The first-order chi connectivity index (χ1) is 11.0. The number of nitrogens with two attached hydrogens (primary N) is 1. The van der Waals surface area contributed by atoms with E-state index in [-0.39, 0.29) is 4.90 Å². The van der Waals surface area contributed by atoms with Crippen LogP contribution in [0.4, 0.5) is 0 Å². The van der Waals surface area contributed by atoms with Crippen LogP contribution in [0.3, 0.4) is 0 Å². The second-order valence-electron chi connectivity index (χ2n) is 4.87. The summed E-state index contributed by atoms with van der Waals surface area (Å²) in [5.41, 5.74) is 0.902. The molecule has 0 saturated heterocycles. The van der Waals surface area contributed by atoms with Crippen LogP contribution in [0.15, 0.2) is 59.5 Å². The smallest absolute Gasteiger partial charge is 0.238 e. The maximum absolute atomic E-state index is 11.1. The molecule has 1 unspecified atom stereocenters. The van der Waals surface area contributed by atoms with Crippen molar-refractivity contribution in [2.45, 2.75) is 11.0 Å². The Bertz CT molecular complexity index is 703. The normalized spacial score (nSPS) is 12.8. The fraction of sp³-hybridized carbons (Fsp3) is 0.250. The van der Waals surface area contributed by atoms with Crippen LogP contribution in [0.5, 0.6) is 5.75 Å². The molecule has 124 valence electrons. The highest BCUT2D eigenvalue weighted by Crippen LogP contribution is 2.19. The van der Waals surface area contributed by atoms with E-state index in [0.717, 1.165) is 11.3 Å². The summed E-state index contributed by atoms with van der Waals surface area (Å²) in [5, 5.41) is 15.0. The summed E-state index contributed by atoms with van der Waals surface area (Å²) >= 11 is 1.59. The van der Waals surface area contributed by atoms with Crippen molar-refractivity contribution in [1.82, 2.24) is 0 Å². The summed E-state index contributed by atoms with van der Waals surface area (Å²) in [6.07, 6.45) is -0.491. The molecule has 0 aromatic heterocycles. The molecule has 0 amide bonds. The Morgan fingerprint density at radius 2 is 1.74 bits per heavy atom. The van der Waals surface area contributed by atoms with Crippen LogP contribution in [-0.2, 0) is 10.0 Å². The van der Waals surface area contributed by atoms with E-state index in [4.69, 9.17) is 9.88 Å². The van der Waals surface area contributed by atoms with Crippen LogP contribution < -0.4 is 9.88 Å². The predicted molar refractivity (Wildman–Crippen MR) is 92.0 cm³/mol. The Balaban J connectivity index is 1.69. The highest BCUT2D eigenvalue weighted by molar-refractivity contribution is 7.99. The van der Waals surface area contributed by atoms with Crippen molar-refractivity contribution in [1.29, 1.82) is 0 Å². The number of rotatable bonds is 8. The fourth-order valence-corrected chi connectivity index (χ4v) is 3.21. The molecule has 5 nitrogen and oxygen atoms in total. The highest BCUT2D eigenvalue weighted by atomic mass is 32.2. The number of hydrogen-bond acceptors (Lipinski definition) is 5. The first-order valence-electron chi connectivity index (χ1n) is 7.03. The molecule has 7 heteroatoms. The maximum Gasteiger partial charge on any atom is 0.238 e. The van der Waals surface area contributed by atoms with Crippen molar-refractivity contribution >= 4 is 21.8 Å². The summed E-state index contributed by atoms with van der Waals surface area (Å²) in [4.78, 5) is 0.0604. The molecule has 2 rings (SSSR count). The maximum atomic E-state index is 11.1. The van der Waals surface area contributed by atoms with E-state index >= 15 is 0 Å². The van der Waals surface area contributed by atoms with Crippen molar-refractivity contribution in [2.75, 3.05) is 18.1 Å². The van der Waals surface area contributed by atoms with E-state index in [9.17, 15) is 13.5 Å². The molecule has 0 radical (unpaired) electrons. The van der Waals surface area contributed by atoms with Gasteiger partial charge >= 0.3 is 0 Å². The number of hydrogen-bond donors (Lipinski definition) is 2. The number of aliphatic hydroxyl groups excluding tert-OH is 1. The van der Waals surface area contributed by atoms with Gasteiger partial charge in [-0.05, 0) is 29.8 Å². The van der Waals surface area contributed by atoms with Gasteiger partial charge in [0.1, 0.15) is 5.75 Å². The van der Waals surface area contributed by atoms with Gasteiger partial charge in [-0.3, -0.25) is 0 Å². The van der Waals surface area contributed by atoms with Crippen LogP contribution in [0, 0.1) is 0 Å². The zero-order valence-corrected chi connectivity index (χ0v) is 14.1. The molecule has 0 bridgehead atoms. The zero-order valence-electron chi connectivity index (χ0n) is 12.5. The minimum Gasteiger partial charge on any atom is -0.493 e. The monoisotopic (exact) mass is 353 g/mol. The van der Waals surface area contributed by atoms with Crippen LogP contribution in [0.2, 0.25) is 0 Å². The van der Waals surface area contributed by atoms with E-state index in [1.807, 2.05) is 30.3 Å². The fourth-order valence-electron chi connectivity index (χ4n) is 1.91. The Hall–Kier alpha value is -1.54. The Labute approximate surface area is 140 Å². The number of thioether (sulfide) groups is 1. The van der Waals surface area contributed by atoms with Crippen LogP contribution in [0.25, 0.3) is 0 Å². The van der Waals surface area contributed by atoms with E-state index < -0.39 is 16.1 Å². The van der Waals surface area contributed by atoms with Crippen molar-refractivity contribution in [3.63, 3.8) is 0 Å². The lowest BCUT2D eigenvalue weighted by Gasteiger charge is -2.11. The summed E-state index contributed by atoms with van der Waals surface area (Å²) < 4.78 is 27.8. The van der Waals surface area contributed by atoms with Gasteiger partial charge in [-0.2, -0.15) is 11.8 Å². The summed E-state index contributed by atoms with van der Waals surface area (Å²) in [7, 11) is -3.67. The Morgan fingerprint density at radius 3 is 2.35 bits per heavy atom. The van der Waals surface area contributed by atoms with Gasteiger partial charge in [-0.25, -0.2) is 13.6 Å². The molecule has 2 aromatic carbocycles. The minimum absolute atomic E-state index is 0.0604. The average molecular weight is 353 g/mol. The Kier molecular flexibility index (Phi) is 6.47. The molecule has 0 aliphatic carbocycles. The van der Waals surface area contributed by atoms with Gasteiger partial charge in [0.25, 0.3) is 0 Å². The van der Waals surface area contributed by atoms with Gasteiger partial charge in [0.2, 0.25) is 10.0 Å². The molecule has 23 heavy (non-hydrogen) atoms. The topological polar surface area (TPSA) is 89.6 Å². The molecule has 0 saturated carbocycles. The first-order valence-corrected chi connectivity index (χ1v) is 9.73. The van der Waals surface area contributed by atoms with Crippen molar-refractivity contribution in [3.05, 3.63) is 60.2 Å². The van der Waals surface area contributed by atoms with Gasteiger partial charge in [0.05, 0.1) is 17.6 Å². The van der Waals surface area contributed by atoms with Crippen LogP contribution in [0.1, 0.15) is 11.7 Å². The second-order valence-corrected chi connectivity index (χ2v) is 7.58. The summed E-state index contributed by atoms with van der Waals surface area (Å²) in [6, 6.07) is 15.5. The SMILES string of the molecule is NS(=O)(=O)c1ccc(OCCSCC(O)c2ccccc2)cc1. The summed E-state index contributed by atoms with van der Waals surface area (Å²) in [6.45, 7) is 0.473. The minimum atomic E-state index is -3.67. The quantitative estimate of drug-likeness (QED) is 0.710. The third-order valence-corrected chi connectivity index (χ3v) is 5.04. The summed E-state index contributed by atoms with van der Waals surface area (Å²) in [5.74, 6) is 1.90. The van der Waals surface area contributed by atoms with Crippen molar-refractivity contribution < 1.29 is 18.3 Å². The molecule has 0 fully saturated rings. The van der Waals surface area contributed by atoms with Crippen molar-refractivity contribution in [2.24, 2.45) is 5.14 Å². The first kappa shape index (κ1) is 17.8. The van der Waals surface area contributed by atoms with Crippen LogP contribution >= 0.6 is 11.8 Å². The van der Waals surface area contributed by atoms with Gasteiger partial charge < -0.3 is 9.84 Å². The second kappa shape index (κ2) is 8.35. The molecule has 0 aliphatic rings. The van der Waals surface area contributed by atoms with Gasteiger partial charge in [0, 0.05) is 11.5 Å².